The summed E-state index contributed by atoms with van der Waals surface area (Å²) in [5, 5.41) is 8.27. The number of nitrogens with one attached hydrogen (secondary N) is 3. The van der Waals surface area contributed by atoms with E-state index in [2.05, 4.69) is 16.0 Å². The minimum absolute atomic E-state index is 0.208. The van der Waals surface area contributed by atoms with Gasteiger partial charge in [0.25, 0.3) is 5.91 Å². The van der Waals surface area contributed by atoms with Crippen LogP contribution in [0.25, 0.3) is 0 Å². The first-order chi connectivity index (χ1) is 14.1. The van der Waals surface area contributed by atoms with Crippen LogP contribution in [0.1, 0.15) is 15.9 Å². The summed E-state index contributed by atoms with van der Waals surface area (Å²) in [7, 11) is 0. The van der Waals surface area contributed by atoms with Crippen LogP contribution in [-0.2, 0) is 0 Å². The third kappa shape index (κ3) is 6.39. The molecule has 0 saturated carbocycles. The molecule has 3 aromatic rings. The molecule has 0 fully saturated rings. The zero-order valence-corrected chi connectivity index (χ0v) is 16.1. The second kappa shape index (κ2) is 9.94. The number of hydrogen-bond donors (Lipinski definition) is 3. The van der Waals surface area contributed by atoms with Crippen LogP contribution in [0, 0.1) is 6.92 Å². The third-order valence-corrected chi connectivity index (χ3v) is 4.11. The quantitative estimate of drug-likeness (QED) is 0.523. The number of ether oxygens (including phenoxy) is 1. The molecule has 3 rings (SSSR count). The lowest BCUT2D eigenvalue weighted by Gasteiger charge is -2.10. The number of carbonyl (C=O) groups excluding carboxylic acids is 2. The van der Waals surface area contributed by atoms with Crippen molar-refractivity contribution in [2.24, 2.45) is 0 Å². The third-order valence-electron chi connectivity index (χ3n) is 4.11. The minimum atomic E-state index is -0.334. The molecule has 6 nitrogen and oxygen atoms in total. The summed E-state index contributed by atoms with van der Waals surface area (Å²) in [6.07, 6.45) is 0. The van der Waals surface area contributed by atoms with E-state index in [1.165, 1.54) is 5.56 Å². The average molecular weight is 389 g/mol. The van der Waals surface area contributed by atoms with E-state index in [4.69, 9.17) is 4.74 Å². The van der Waals surface area contributed by atoms with Crippen molar-refractivity contribution in [2.75, 3.05) is 23.8 Å². The summed E-state index contributed by atoms with van der Waals surface area (Å²) in [4.78, 5) is 24.2. The maximum Gasteiger partial charge on any atom is 0.319 e. The Bertz CT molecular complexity index is 939. The van der Waals surface area contributed by atoms with Gasteiger partial charge in [-0.1, -0.05) is 35.9 Å². The van der Waals surface area contributed by atoms with Gasteiger partial charge in [0.1, 0.15) is 12.4 Å². The van der Waals surface area contributed by atoms with Crippen molar-refractivity contribution in [3.05, 3.63) is 90.0 Å². The fourth-order valence-corrected chi connectivity index (χ4v) is 2.57. The molecule has 0 aromatic heterocycles. The van der Waals surface area contributed by atoms with Gasteiger partial charge in [-0.2, -0.15) is 0 Å². The fourth-order valence-electron chi connectivity index (χ4n) is 2.57. The number of carbonyl (C=O) groups is 2. The smallest absolute Gasteiger partial charge is 0.319 e. The predicted octanol–water partition coefficient (Wildman–Crippen LogP) is 4.45. The summed E-state index contributed by atoms with van der Waals surface area (Å²) < 4.78 is 5.57. The van der Waals surface area contributed by atoms with Gasteiger partial charge >= 0.3 is 6.03 Å². The number of rotatable bonds is 7. The molecule has 0 aliphatic heterocycles. The Hall–Kier alpha value is -3.80. The lowest BCUT2D eigenvalue weighted by Crippen LogP contribution is -2.32. The molecule has 3 N–H and O–H groups in total. The lowest BCUT2D eigenvalue weighted by atomic mass is 10.2. The minimum Gasteiger partial charge on any atom is -0.492 e. The number of anilines is 2. The zero-order chi connectivity index (χ0) is 20.5. The Morgan fingerprint density at radius 3 is 2.14 bits per heavy atom. The van der Waals surface area contributed by atoms with E-state index < -0.39 is 0 Å². The highest BCUT2D eigenvalue weighted by Gasteiger charge is 2.07. The molecule has 0 aliphatic carbocycles. The van der Waals surface area contributed by atoms with E-state index in [-0.39, 0.29) is 11.9 Å². The fraction of sp³-hybridized carbons (Fsp3) is 0.130. The number of para-hydroxylation sites is 1. The number of aryl methyl sites for hydroxylation is 1. The van der Waals surface area contributed by atoms with Crippen LogP contribution in [-0.4, -0.2) is 25.1 Å². The van der Waals surface area contributed by atoms with E-state index >= 15 is 0 Å². The standard InChI is InChI=1S/C23H23N3O3/c1-17-7-13-21(14-8-17)29-16-15-24-23(28)26-20-11-9-18(10-12-20)22(27)25-19-5-3-2-4-6-19/h2-14H,15-16H2,1H3,(H,25,27)(H2,24,26,28). The predicted molar refractivity (Wildman–Crippen MR) is 115 cm³/mol. The molecule has 148 valence electrons. The monoisotopic (exact) mass is 389 g/mol. The van der Waals surface area contributed by atoms with Gasteiger partial charge in [0.2, 0.25) is 0 Å². The van der Waals surface area contributed by atoms with Gasteiger partial charge in [-0.25, -0.2) is 4.79 Å². The Morgan fingerprint density at radius 1 is 0.793 bits per heavy atom. The van der Waals surface area contributed by atoms with Gasteiger partial charge in [0.15, 0.2) is 0 Å². The molecule has 0 spiro atoms. The van der Waals surface area contributed by atoms with Crippen molar-refractivity contribution < 1.29 is 14.3 Å². The van der Waals surface area contributed by atoms with E-state index in [9.17, 15) is 9.59 Å². The molecule has 0 unspecified atom stereocenters. The number of hydrogen-bond acceptors (Lipinski definition) is 3. The highest BCUT2D eigenvalue weighted by molar-refractivity contribution is 6.04. The second-order valence-electron chi connectivity index (χ2n) is 6.44. The topological polar surface area (TPSA) is 79.5 Å². The van der Waals surface area contributed by atoms with E-state index in [0.29, 0.717) is 24.4 Å². The van der Waals surface area contributed by atoms with Crippen LogP contribution in [0.5, 0.6) is 5.75 Å². The van der Waals surface area contributed by atoms with Crippen molar-refractivity contribution in [3.63, 3.8) is 0 Å². The highest BCUT2D eigenvalue weighted by Crippen LogP contribution is 2.13. The Kier molecular flexibility index (Phi) is 6.84. The SMILES string of the molecule is Cc1ccc(OCCNC(=O)Nc2ccc(C(=O)Nc3ccccc3)cc2)cc1. The van der Waals surface area contributed by atoms with Crippen LogP contribution in [0.3, 0.4) is 0 Å². The first kappa shape index (κ1) is 19.9. The van der Waals surface area contributed by atoms with Crippen molar-refractivity contribution >= 4 is 23.3 Å². The van der Waals surface area contributed by atoms with Crippen molar-refractivity contribution in [1.29, 1.82) is 0 Å². The van der Waals surface area contributed by atoms with Crippen molar-refractivity contribution in [3.8, 4) is 5.75 Å². The van der Waals surface area contributed by atoms with Crippen molar-refractivity contribution in [1.82, 2.24) is 5.32 Å². The summed E-state index contributed by atoms with van der Waals surface area (Å²) in [6, 6.07) is 23.3. The van der Waals surface area contributed by atoms with Crippen LogP contribution in [0.15, 0.2) is 78.9 Å². The molecule has 0 atom stereocenters. The first-order valence-corrected chi connectivity index (χ1v) is 9.31. The van der Waals surface area contributed by atoms with Gasteiger partial charge in [0.05, 0.1) is 6.54 Å². The zero-order valence-electron chi connectivity index (χ0n) is 16.1. The maximum atomic E-state index is 12.2. The average Bonchev–Trinajstić information content (AvgIpc) is 2.74. The Morgan fingerprint density at radius 2 is 1.45 bits per heavy atom. The molecule has 6 heteroatoms. The van der Waals surface area contributed by atoms with Crippen LogP contribution >= 0.6 is 0 Å². The van der Waals surface area contributed by atoms with Gasteiger partial charge in [-0.15, -0.1) is 0 Å². The Balaban J connectivity index is 1.41. The van der Waals surface area contributed by atoms with E-state index in [1.807, 2.05) is 61.5 Å². The van der Waals surface area contributed by atoms with Crippen LogP contribution in [0.2, 0.25) is 0 Å². The normalized spacial score (nSPS) is 10.1. The van der Waals surface area contributed by atoms with Crippen LogP contribution < -0.4 is 20.7 Å². The molecular formula is C23H23N3O3. The van der Waals surface area contributed by atoms with Crippen molar-refractivity contribution in [2.45, 2.75) is 6.92 Å². The largest absolute Gasteiger partial charge is 0.492 e. The van der Waals surface area contributed by atoms with Gasteiger partial charge in [0, 0.05) is 16.9 Å². The molecule has 0 heterocycles. The summed E-state index contributed by atoms with van der Waals surface area (Å²) in [5.74, 6) is 0.558. The molecule has 0 radical (unpaired) electrons. The summed E-state index contributed by atoms with van der Waals surface area (Å²) in [5.41, 5.74) is 3.00. The molecule has 0 aliphatic rings. The van der Waals surface area contributed by atoms with E-state index in [1.54, 1.807) is 24.3 Å². The summed E-state index contributed by atoms with van der Waals surface area (Å²) >= 11 is 0. The molecule has 3 aromatic carbocycles. The lowest BCUT2D eigenvalue weighted by molar-refractivity contribution is 0.102. The maximum absolute atomic E-state index is 12.2. The highest BCUT2D eigenvalue weighted by atomic mass is 16.5. The number of benzene rings is 3. The Labute approximate surface area is 169 Å². The summed E-state index contributed by atoms with van der Waals surface area (Å²) in [6.45, 7) is 2.75. The number of urea groups is 1. The van der Waals surface area contributed by atoms with Gasteiger partial charge < -0.3 is 20.7 Å². The molecule has 0 saturated heterocycles. The number of amides is 3. The van der Waals surface area contributed by atoms with E-state index in [0.717, 1.165) is 11.4 Å². The van der Waals surface area contributed by atoms with Gasteiger partial charge in [-0.3, -0.25) is 4.79 Å². The molecule has 0 bridgehead atoms. The molecule has 29 heavy (non-hydrogen) atoms. The molecule has 3 amide bonds. The second-order valence-corrected chi connectivity index (χ2v) is 6.44. The van der Waals surface area contributed by atoms with Crippen LogP contribution in [0.4, 0.5) is 16.2 Å². The first-order valence-electron chi connectivity index (χ1n) is 9.31. The van der Waals surface area contributed by atoms with Gasteiger partial charge in [-0.05, 0) is 55.5 Å². The molecular weight excluding hydrogens is 366 g/mol.